The maximum Gasteiger partial charge on any atom is 0.472 e. The van der Waals surface area contributed by atoms with Crippen molar-refractivity contribution in [2.45, 2.75) is 224 Å². The highest BCUT2D eigenvalue weighted by atomic mass is 31.2. The zero-order valence-electron chi connectivity index (χ0n) is 38.6. The number of hydrogen-bond donors (Lipinski definition) is 8. The number of aliphatic hydroxyl groups excluding tert-OH is 3. The van der Waals surface area contributed by atoms with Crippen molar-refractivity contribution in [1.29, 1.82) is 0 Å². The molecule has 0 heterocycles. The van der Waals surface area contributed by atoms with E-state index in [-0.39, 0.29) is 12.8 Å². The van der Waals surface area contributed by atoms with Crippen LogP contribution in [-0.2, 0) is 50.9 Å². The SMILES string of the molecule is CCCC=CCC=CCCCCCCCC(=O)OC(COC(=O)CCCCCCCCCCCCCCCCC)COP(=O)(O)OC1C(O)C(O)C(OP(=O)(O)O)C(OP(=O)(O)O)C1O. The van der Waals surface area contributed by atoms with Gasteiger partial charge in [-0.05, 0) is 38.5 Å². The molecule has 1 aliphatic carbocycles. The summed E-state index contributed by atoms with van der Waals surface area (Å²) in [6, 6.07) is 0. The molecule has 0 bridgehead atoms. The summed E-state index contributed by atoms with van der Waals surface area (Å²) in [6.07, 6.45) is 17.7. The Kier molecular flexibility index (Phi) is 33.9. The summed E-state index contributed by atoms with van der Waals surface area (Å²) in [7, 11) is -16.6. The lowest BCUT2D eigenvalue weighted by Crippen LogP contribution is -2.65. The van der Waals surface area contributed by atoms with Gasteiger partial charge in [0.25, 0.3) is 0 Å². The predicted octanol–water partition coefficient (Wildman–Crippen LogP) is 8.29. The van der Waals surface area contributed by atoms with Gasteiger partial charge in [0.1, 0.15) is 43.2 Å². The van der Waals surface area contributed by atoms with Crippen LogP contribution in [0.5, 0.6) is 0 Å². The fraction of sp³-hybridized carbons (Fsp3) is 0.860. The molecule has 0 aromatic heterocycles. The first-order chi connectivity index (χ1) is 30.8. The standard InChI is InChI=1S/C43H81O19P3/c1-3-5-7-9-11-13-15-17-18-20-21-23-25-27-29-31-36(44)57-33-35(59-37(45)32-30-28-26-24-22-19-16-14-12-10-8-6-4-2)34-58-65(55,56)62-41-38(46)39(47)42(60-63(49,50)51)43(40(41)48)61-64(52,53)54/h8,10,14,16,35,38-43,46-48H,3-7,9,11-13,15,17-34H2,1-2H3,(H,55,56)(H2,49,50,51)(H2,52,53,54). The number of carbonyl (C=O) groups excluding carboxylic acids is 2. The van der Waals surface area contributed by atoms with Gasteiger partial charge in [-0.25, -0.2) is 13.7 Å². The van der Waals surface area contributed by atoms with E-state index in [0.29, 0.717) is 12.8 Å². The van der Waals surface area contributed by atoms with E-state index in [1.807, 2.05) is 0 Å². The molecule has 8 N–H and O–H groups in total. The van der Waals surface area contributed by atoms with Crippen LogP contribution in [-0.4, -0.2) is 108 Å². The highest BCUT2D eigenvalue weighted by Gasteiger charge is 2.56. The molecule has 0 amide bonds. The van der Waals surface area contributed by atoms with Gasteiger partial charge in [0, 0.05) is 12.8 Å². The number of unbranched alkanes of at least 4 members (excludes halogenated alkanes) is 20. The van der Waals surface area contributed by atoms with E-state index in [1.54, 1.807) is 0 Å². The molecule has 382 valence electrons. The van der Waals surface area contributed by atoms with E-state index in [1.165, 1.54) is 64.2 Å². The van der Waals surface area contributed by atoms with Crippen LogP contribution in [0, 0.1) is 0 Å². The summed E-state index contributed by atoms with van der Waals surface area (Å²) in [5, 5.41) is 31.8. The van der Waals surface area contributed by atoms with E-state index in [9.17, 15) is 63.1 Å². The number of rotatable bonds is 40. The number of ether oxygens (including phenoxy) is 2. The lowest BCUT2D eigenvalue weighted by molar-refractivity contribution is -0.213. The van der Waals surface area contributed by atoms with E-state index >= 15 is 0 Å². The fourth-order valence-corrected chi connectivity index (χ4v) is 9.31. The van der Waals surface area contributed by atoms with Crippen LogP contribution in [0.1, 0.15) is 181 Å². The number of allylic oxidation sites excluding steroid dienone is 4. The summed E-state index contributed by atoms with van der Waals surface area (Å²) in [6.45, 7) is 2.87. The zero-order chi connectivity index (χ0) is 48.6. The van der Waals surface area contributed by atoms with Crippen molar-refractivity contribution in [3.05, 3.63) is 24.3 Å². The van der Waals surface area contributed by atoms with E-state index in [4.69, 9.17) is 18.5 Å². The van der Waals surface area contributed by atoms with Crippen LogP contribution in [0.3, 0.4) is 0 Å². The van der Waals surface area contributed by atoms with Crippen molar-refractivity contribution in [2.24, 2.45) is 0 Å². The van der Waals surface area contributed by atoms with Crippen molar-refractivity contribution < 1.29 is 90.6 Å². The Labute approximate surface area is 386 Å². The first-order valence-corrected chi connectivity index (χ1v) is 28.2. The average Bonchev–Trinajstić information content (AvgIpc) is 3.23. The Hall–Kier alpha value is -1.37. The maximum absolute atomic E-state index is 13.1. The van der Waals surface area contributed by atoms with Gasteiger partial charge in [-0.15, -0.1) is 0 Å². The van der Waals surface area contributed by atoms with Gasteiger partial charge >= 0.3 is 35.4 Å². The number of hydrogen-bond acceptors (Lipinski definition) is 14. The zero-order valence-corrected chi connectivity index (χ0v) is 41.2. The van der Waals surface area contributed by atoms with Crippen LogP contribution in [0.2, 0.25) is 0 Å². The van der Waals surface area contributed by atoms with Crippen LogP contribution < -0.4 is 0 Å². The second-order valence-electron chi connectivity index (χ2n) is 16.7. The highest BCUT2D eigenvalue weighted by molar-refractivity contribution is 7.47. The Morgan fingerprint density at radius 3 is 1.42 bits per heavy atom. The van der Waals surface area contributed by atoms with Gasteiger partial charge in [0.05, 0.1) is 6.61 Å². The molecule has 1 aliphatic rings. The largest absolute Gasteiger partial charge is 0.472 e. The lowest BCUT2D eigenvalue weighted by Gasteiger charge is -2.44. The third kappa shape index (κ3) is 32.1. The normalized spacial score (nSPS) is 22.1. The second-order valence-corrected chi connectivity index (χ2v) is 20.5. The second kappa shape index (κ2) is 35.7. The number of esters is 2. The number of carbonyl (C=O) groups is 2. The Morgan fingerprint density at radius 2 is 0.923 bits per heavy atom. The van der Waals surface area contributed by atoms with Crippen LogP contribution in [0.15, 0.2) is 24.3 Å². The van der Waals surface area contributed by atoms with Crippen molar-refractivity contribution in [1.82, 2.24) is 0 Å². The molecule has 1 rings (SSSR count). The van der Waals surface area contributed by atoms with Gasteiger partial charge in [0.15, 0.2) is 6.10 Å². The molecule has 0 aromatic rings. The highest BCUT2D eigenvalue weighted by Crippen LogP contribution is 2.51. The molecule has 0 radical (unpaired) electrons. The minimum Gasteiger partial charge on any atom is -0.462 e. The molecular formula is C43H81O19P3. The molecular weight excluding hydrogens is 913 g/mol. The molecule has 1 saturated carbocycles. The fourth-order valence-electron chi connectivity index (χ4n) is 7.21. The summed E-state index contributed by atoms with van der Waals surface area (Å²) >= 11 is 0. The van der Waals surface area contributed by atoms with Gasteiger partial charge < -0.3 is 49.3 Å². The minimum absolute atomic E-state index is 0.0159. The summed E-state index contributed by atoms with van der Waals surface area (Å²) < 4.78 is 65.4. The van der Waals surface area contributed by atoms with Gasteiger partial charge in [0.2, 0.25) is 0 Å². The van der Waals surface area contributed by atoms with Gasteiger partial charge in [-0.2, -0.15) is 0 Å². The predicted molar refractivity (Wildman–Crippen MR) is 243 cm³/mol. The number of aliphatic hydroxyl groups is 3. The van der Waals surface area contributed by atoms with Crippen molar-refractivity contribution in [3.63, 3.8) is 0 Å². The molecule has 8 atom stereocenters. The lowest BCUT2D eigenvalue weighted by atomic mass is 9.85. The molecule has 22 heteroatoms. The first-order valence-electron chi connectivity index (χ1n) is 23.6. The third-order valence-corrected chi connectivity index (χ3v) is 12.8. The minimum atomic E-state index is -5.60. The summed E-state index contributed by atoms with van der Waals surface area (Å²) in [5.74, 6) is -1.31. The molecule has 0 aliphatic heterocycles. The van der Waals surface area contributed by atoms with Crippen LogP contribution in [0.4, 0.5) is 0 Å². The van der Waals surface area contributed by atoms with Crippen molar-refractivity contribution >= 4 is 35.4 Å². The average molecular weight is 995 g/mol. The summed E-state index contributed by atoms with van der Waals surface area (Å²) in [4.78, 5) is 73.1. The molecule has 0 aromatic carbocycles. The van der Waals surface area contributed by atoms with Gasteiger partial charge in [-0.1, -0.05) is 154 Å². The van der Waals surface area contributed by atoms with Crippen LogP contribution in [0.25, 0.3) is 0 Å². The Balaban J connectivity index is 2.74. The quantitative estimate of drug-likeness (QED) is 0.0124. The van der Waals surface area contributed by atoms with Crippen molar-refractivity contribution in [2.75, 3.05) is 13.2 Å². The topological polar surface area (TPSA) is 303 Å². The number of phosphoric acid groups is 3. The molecule has 8 unspecified atom stereocenters. The molecule has 65 heavy (non-hydrogen) atoms. The summed E-state index contributed by atoms with van der Waals surface area (Å²) in [5.41, 5.74) is 0. The van der Waals surface area contributed by atoms with Gasteiger partial charge in [-0.3, -0.25) is 27.7 Å². The Morgan fingerprint density at radius 1 is 0.492 bits per heavy atom. The molecule has 0 spiro atoms. The van der Waals surface area contributed by atoms with Crippen molar-refractivity contribution in [3.8, 4) is 0 Å². The number of phosphoric ester groups is 3. The Bertz CT molecular complexity index is 1470. The van der Waals surface area contributed by atoms with E-state index in [0.717, 1.165) is 77.0 Å². The molecule has 1 fully saturated rings. The third-order valence-electron chi connectivity index (χ3n) is 10.7. The smallest absolute Gasteiger partial charge is 0.462 e. The van der Waals surface area contributed by atoms with Crippen LogP contribution >= 0.6 is 23.5 Å². The monoisotopic (exact) mass is 994 g/mol. The van der Waals surface area contributed by atoms with E-state index in [2.05, 4.69) is 47.2 Å². The molecule has 19 nitrogen and oxygen atoms in total. The van der Waals surface area contributed by atoms with E-state index < -0.39 is 91.3 Å². The maximum atomic E-state index is 13.1. The first kappa shape index (κ1) is 61.6. The molecule has 0 saturated heterocycles.